The van der Waals surface area contributed by atoms with Crippen LogP contribution in [0.25, 0.3) is 0 Å². The van der Waals surface area contributed by atoms with Gasteiger partial charge in [0.05, 0.1) is 17.5 Å². The smallest absolute Gasteiger partial charge is 0.325 e. The number of ether oxygens (including phenoxy) is 1. The molecule has 0 saturated carbocycles. The van der Waals surface area contributed by atoms with E-state index in [0.717, 1.165) is 0 Å². The number of carbonyl (C=O) groups excluding carboxylic acids is 1. The molecule has 0 spiro atoms. The van der Waals surface area contributed by atoms with Gasteiger partial charge in [-0.25, -0.2) is 0 Å². The van der Waals surface area contributed by atoms with Gasteiger partial charge in [-0.1, -0.05) is 11.6 Å². The van der Waals surface area contributed by atoms with Gasteiger partial charge in [-0.05, 0) is 41.1 Å². The highest BCUT2D eigenvalue weighted by Gasteiger charge is 2.13. The van der Waals surface area contributed by atoms with Crippen LogP contribution in [-0.2, 0) is 9.59 Å². The molecule has 1 rings (SSSR count). The molecule has 7 heteroatoms. The molecule has 0 saturated heterocycles. The zero-order valence-electron chi connectivity index (χ0n) is 10.2. The molecule has 5 nitrogen and oxygen atoms in total. The molecule has 0 aromatic heterocycles. The minimum absolute atomic E-state index is 0.0761. The van der Waals surface area contributed by atoms with Crippen LogP contribution in [0.4, 0.5) is 0 Å². The third-order valence-corrected chi connectivity index (χ3v) is 3.08. The molecule has 0 bridgehead atoms. The van der Waals surface area contributed by atoms with Gasteiger partial charge in [-0.15, -0.1) is 0 Å². The Morgan fingerprint density at radius 2 is 2.21 bits per heavy atom. The zero-order valence-corrected chi connectivity index (χ0v) is 12.5. The fourth-order valence-electron chi connectivity index (χ4n) is 1.22. The third-order valence-electron chi connectivity index (χ3n) is 2.23. The summed E-state index contributed by atoms with van der Waals surface area (Å²) in [6, 6.07) is 4.14. The van der Waals surface area contributed by atoms with Crippen molar-refractivity contribution in [1.29, 1.82) is 0 Å². The number of hydrogen-bond acceptors (Lipinski definition) is 3. The van der Waals surface area contributed by atoms with Crippen LogP contribution in [0.1, 0.15) is 13.3 Å². The molecular weight excluding hydrogens is 337 g/mol. The third kappa shape index (κ3) is 5.48. The maximum absolute atomic E-state index is 11.4. The Labute approximate surface area is 124 Å². The van der Waals surface area contributed by atoms with Crippen molar-refractivity contribution in [3.63, 3.8) is 0 Å². The number of hydrogen-bond donors (Lipinski definition) is 2. The molecule has 19 heavy (non-hydrogen) atoms. The standard InChI is InChI=1S/C12H13BrClNO4/c1-7(12(17)18)15-11(16)4-5-19-10-3-2-8(14)6-9(10)13/h2-3,6-7H,4-5H2,1H3,(H,15,16)(H,17,18). The summed E-state index contributed by atoms with van der Waals surface area (Å²) in [6.07, 6.45) is 0.0761. The molecule has 0 aliphatic carbocycles. The van der Waals surface area contributed by atoms with E-state index in [1.165, 1.54) is 6.92 Å². The average Bonchev–Trinajstić information content (AvgIpc) is 2.31. The number of amides is 1. The number of carbonyl (C=O) groups is 2. The molecule has 0 aliphatic rings. The van der Waals surface area contributed by atoms with Crippen molar-refractivity contribution in [2.45, 2.75) is 19.4 Å². The quantitative estimate of drug-likeness (QED) is 0.826. The van der Waals surface area contributed by atoms with Crippen molar-refractivity contribution < 1.29 is 19.4 Å². The van der Waals surface area contributed by atoms with E-state index in [0.29, 0.717) is 15.2 Å². The molecule has 2 N–H and O–H groups in total. The molecule has 1 aromatic carbocycles. The monoisotopic (exact) mass is 349 g/mol. The van der Waals surface area contributed by atoms with Crippen LogP contribution in [-0.4, -0.2) is 29.6 Å². The van der Waals surface area contributed by atoms with E-state index < -0.39 is 12.0 Å². The first-order valence-electron chi connectivity index (χ1n) is 5.50. The van der Waals surface area contributed by atoms with Gasteiger partial charge in [0.25, 0.3) is 0 Å². The van der Waals surface area contributed by atoms with Crippen LogP contribution in [0.5, 0.6) is 5.75 Å². The van der Waals surface area contributed by atoms with Gasteiger partial charge < -0.3 is 15.2 Å². The van der Waals surface area contributed by atoms with E-state index in [4.69, 9.17) is 21.4 Å². The zero-order chi connectivity index (χ0) is 14.4. The van der Waals surface area contributed by atoms with E-state index in [-0.39, 0.29) is 18.9 Å². The lowest BCUT2D eigenvalue weighted by Gasteiger charge is -2.10. The summed E-state index contributed by atoms with van der Waals surface area (Å²) in [5, 5.41) is 11.5. The fourth-order valence-corrected chi connectivity index (χ4v) is 2.02. The summed E-state index contributed by atoms with van der Waals surface area (Å²) in [7, 11) is 0. The molecule has 0 fully saturated rings. The van der Waals surface area contributed by atoms with Crippen molar-refractivity contribution in [2.75, 3.05) is 6.61 Å². The van der Waals surface area contributed by atoms with Gasteiger partial charge in [0.15, 0.2) is 0 Å². The average molecular weight is 351 g/mol. The Bertz CT molecular complexity index is 481. The summed E-state index contributed by atoms with van der Waals surface area (Å²) >= 11 is 9.07. The first-order valence-corrected chi connectivity index (χ1v) is 6.67. The molecule has 1 atom stereocenters. The summed E-state index contributed by atoms with van der Waals surface area (Å²) in [5.41, 5.74) is 0. The number of benzene rings is 1. The van der Waals surface area contributed by atoms with E-state index in [2.05, 4.69) is 21.2 Å². The van der Waals surface area contributed by atoms with E-state index in [9.17, 15) is 9.59 Å². The first-order chi connectivity index (χ1) is 8.90. The number of carboxylic acid groups (broad SMARTS) is 1. The number of nitrogens with one attached hydrogen (secondary N) is 1. The summed E-state index contributed by atoms with van der Waals surface area (Å²) in [6.45, 7) is 1.55. The SMILES string of the molecule is CC(NC(=O)CCOc1ccc(Cl)cc1Br)C(=O)O. The molecule has 0 aliphatic heterocycles. The minimum Gasteiger partial charge on any atom is -0.492 e. The van der Waals surface area contributed by atoms with Gasteiger partial charge in [0.2, 0.25) is 5.91 Å². The largest absolute Gasteiger partial charge is 0.492 e. The van der Waals surface area contributed by atoms with Crippen LogP contribution in [0.15, 0.2) is 22.7 Å². The predicted octanol–water partition coefficient (Wildman–Crippen LogP) is 2.46. The van der Waals surface area contributed by atoms with E-state index >= 15 is 0 Å². The van der Waals surface area contributed by atoms with Crippen LogP contribution < -0.4 is 10.1 Å². The molecule has 1 amide bonds. The Kier molecular flexibility index (Phi) is 6.11. The molecule has 0 radical (unpaired) electrons. The highest BCUT2D eigenvalue weighted by molar-refractivity contribution is 9.10. The number of halogens is 2. The summed E-state index contributed by atoms with van der Waals surface area (Å²) < 4.78 is 6.08. The highest BCUT2D eigenvalue weighted by Crippen LogP contribution is 2.27. The second-order valence-corrected chi connectivity index (χ2v) is 5.09. The molecule has 104 valence electrons. The van der Waals surface area contributed by atoms with Gasteiger partial charge in [-0.3, -0.25) is 9.59 Å². The molecule has 1 aromatic rings. The fraction of sp³-hybridized carbons (Fsp3) is 0.333. The van der Waals surface area contributed by atoms with Crippen molar-refractivity contribution in [3.8, 4) is 5.75 Å². The second kappa shape index (κ2) is 7.35. The number of rotatable bonds is 6. The lowest BCUT2D eigenvalue weighted by Crippen LogP contribution is -2.38. The molecule has 1 unspecified atom stereocenters. The van der Waals surface area contributed by atoms with Gasteiger partial charge in [0, 0.05) is 5.02 Å². The minimum atomic E-state index is -1.07. The van der Waals surface area contributed by atoms with Gasteiger partial charge >= 0.3 is 5.97 Å². The maximum Gasteiger partial charge on any atom is 0.325 e. The molecule has 0 heterocycles. The van der Waals surface area contributed by atoms with Gasteiger partial charge in [-0.2, -0.15) is 0 Å². The van der Waals surface area contributed by atoms with Crippen LogP contribution in [0, 0.1) is 0 Å². The lowest BCUT2D eigenvalue weighted by molar-refractivity contribution is -0.141. The Morgan fingerprint density at radius 1 is 1.53 bits per heavy atom. The van der Waals surface area contributed by atoms with E-state index in [1.54, 1.807) is 18.2 Å². The molecular formula is C12H13BrClNO4. The topological polar surface area (TPSA) is 75.6 Å². The summed E-state index contributed by atoms with van der Waals surface area (Å²) in [4.78, 5) is 21.9. The van der Waals surface area contributed by atoms with Crippen molar-refractivity contribution >= 4 is 39.4 Å². The predicted molar refractivity (Wildman–Crippen MR) is 74.5 cm³/mol. The second-order valence-electron chi connectivity index (χ2n) is 3.80. The highest BCUT2D eigenvalue weighted by atomic mass is 79.9. The van der Waals surface area contributed by atoms with Crippen LogP contribution in [0.3, 0.4) is 0 Å². The number of aliphatic carboxylic acids is 1. The normalized spacial score (nSPS) is 11.7. The lowest BCUT2D eigenvalue weighted by atomic mass is 10.3. The van der Waals surface area contributed by atoms with Gasteiger partial charge in [0.1, 0.15) is 11.8 Å². The van der Waals surface area contributed by atoms with E-state index in [1.807, 2.05) is 0 Å². The van der Waals surface area contributed by atoms with Crippen LogP contribution in [0.2, 0.25) is 5.02 Å². The number of carboxylic acids is 1. The Hall–Kier alpha value is -1.27. The first kappa shape index (κ1) is 15.8. The van der Waals surface area contributed by atoms with Crippen molar-refractivity contribution in [2.24, 2.45) is 0 Å². The van der Waals surface area contributed by atoms with Crippen molar-refractivity contribution in [3.05, 3.63) is 27.7 Å². The maximum atomic E-state index is 11.4. The van der Waals surface area contributed by atoms with Crippen LogP contribution >= 0.6 is 27.5 Å². The Balaban J connectivity index is 2.38. The summed E-state index contributed by atoms with van der Waals surface area (Å²) in [5.74, 6) is -0.877. The Morgan fingerprint density at radius 3 is 2.79 bits per heavy atom. The van der Waals surface area contributed by atoms with Crippen molar-refractivity contribution in [1.82, 2.24) is 5.32 Å².